The average Bonchev–Trinajstić information content (AvgIpc) is 3.79. The van der Waals surface area contributed by atoms with Crippen LogP contribution in [-0.2, 0) is 44.6 Å². The third-order valence-electron chi connectivity index (χ3n) is 10.6. The molecule has 67 heavy (non-hydrogen) atoms. The Hall–Kier alpha value is -3.67. The van der Waals surface area contributed by atoms with Gasteiger partial charge in [0.2, 0.25) is 17.7 Å². The molecular weight excluding hydrogens is 939 g/mol. The van der Waals surface area contributed by atoms with E-state index in [-0.39, 0.29) is 68.8 Å². The predicted octanol–water partition coefficient (Wildman–Crippen LogP) is 4.71. The second-order valence-corrected chi connectivity index (χ2v) is 20.7. The molecule has 0 aromatic heterocycles. The number of urea groups is 2. The maximum atomic E-state index is 13.4. The fourth-order valence-corrected chi connectivity index (χ4v) is 11.0. The molecule has 17 nitrogen and oxygen atoms in total. The highest BCUT2D eigenvalue weighted by Gasteiger charge is 2.22. The predicted molar refractivity (Wildman–Crippen MR) is 270 cm³/mol. The second kappa shape index (κ2) is 33.0. The number of fused-ring (bicyclic) bond motifs is 2. The minimum Gasteiger partial charge on any atom is -0.379 e. The molecule has 3 aliphatic rings. The zero-order valence-corrected chi connectivity index (χ0v) is 41.6. The molecule has 2 fully saturated rings. The maximum absolute atomic E-state index is 13.4. The van der Waals surface area contributed by atoms with Crippen LogP contribution in [0, 0.1) is 0 Å². The average molecular weight is 1010 g/mol. The van der Waals surface area contributed by atoms with Crippen molar-refractivity contribution in [2.45, 2.75) is 25.8 Å². The van der Waals surface area contributed by atoms with Crippen LogP contribution in [0.1, 0.15) is 36.0 Å². The number of hydrogen-bond donors (Lipinski definition) is 3. The summed E-state index contributed by atoms with van der Waals surface area (Å²) in [5.74, 6) is 3.19. The zero-order valence-electron chi connectivity index (χ0n) is 38.4. The summed E-state index contributed by atoms with van der Waals surface area (Å²) >= 11 is 0. The first-order chi connectivity index (χ1) is 32.9. The molecular formula is C46H67N7O10S4. The molecule has 0 bridgehead atoms. The van der Waals surface area contributed by atoms with E-state index in [4.69, 9.17) is 23.7 Å². The van der Waals surface area contributed by atoms with Crippen molar-refractivity contribution < 1.29 is 47.7 Å². The van der Waals surface area contributed by atoms with Crippen molar-refractivity contribution in [1.82, 2.24) is 30.7 Å². The fourth-order valence-electron chi connectivity index (χ4n) is 7.00. The van der Waals surface area contributed by atoms with Gasteiger partial charge >= 0.3 is 12.1 Å². The molecule has 0 radical (unpaired) electrons. The SMILES string of the molecule is O=C(CCOCCOCCOCCOCCOCCC(=O)N(CCNC(=O)N1CCSSCC1)CCNC(=O)N1CCSSCC1)NCCC(=O)N1Cc2ccccc2/C=C\c2ccccc21. The summed E-state index contributed by atoms with van der Waals surface area (Å²) in [5.41, 5.74) is 3.96. The summed E-state index contributed by atoms with van der Waals surface area (Å²) < 4.78 is 27.9. The molecule has 3 aliphatic heterocycles. The Morgan fingerprint density at radius 1 is 0.522 bits per heavy atom. The largest absolute Gasteiger partial charge is 0.379 e. The van der Waals surface area contributed by atoms with Crippen LogP contribution in [0.25, 0.3) is 12.2 Å². The summed E-state index contributed by atoms with van der Waals surface area (Å²) in [6.07, 6.45) is 4.64. The van der Waals surface area contributed by atoms with Gasteiger partial charge in [-0.1, -0.05) is 97.8 Å². The fraction of sp³-hybridized carbons (Fsp3) is 0.587. The smallest absolute Gasteiger partial charge is 0.317 e. The van der Waals surface area contributed by atoms with Crippen molar-refractivity contribution in [3.05, 3.63) is 65.2 Å². The van der Waals surface area contributed by atoms with Crippen LogP contribution >= 0.6 is 43.2 Å². The highest BCUT2D eigenvalue weighted by atomic mass is 33.1. The van der Waals surface area contributed by atoms with Crippen LogP contribution in [-0.4, -0.2) is 192 Å². The first-order valence-electron chi connectivity index (χ1n) is 23.0. The Labute approximate surface area is 411 Å². The van der Waals surface area contributed by atoms with Crippen LogP contribution in [0.5, 0.6) is 0 Å². The minimum atomic E-state index is -0.178. The van der Waals surface area contributed by atoms with Crippen LogP contribution < -0.4 is 20.9 Å². The molecule has 2 saturated heterocycles. The van der Waals surface area contributed by atoms with Gasteiger partial charge in [0.25, 0.3) is 0 Å². The maximum Gasteiger partial charge on any atom is 0.317 e. The highest BCUT2D eigenvalue weighted by molar-refractivity contribution is 8.77. The van der Waals surface area contributed by atoms with Crippen molar-refractivity contribution in [3.63, 3.8) is 0 Å². The number of nitrogens with one attached hydrogen (secondary N) is 3. The molecule has 2 aromatic rings. The summed E-state index contributed by atoms with van der Waals surface area (Å²) in [5, 5.41) is 8.74. The lowest BCUT2D eigenvalue weighted by Crippen LogP contribution is -2.48. The monoisotopic (exact) mass is 1010 g/mol. The van der Waals surface area contributed by atoms with E-state index < -0.39 is 0 Å². The van der Waals surface area contributed by atoms with E-state index >= 15 is 0 Å². The summed E-state index contributed by atoms with van der Waals surface area (Å²) in [6.45, 7) is 8.17. The zero-order chi connectivity index (χ0) is 47.2. The molecule has 0 unspecified atom stereocenters. The number of rotatable bonds is 27. The van der Waals surface area contributed by atoms with Gasteiger partial charge in [-0.3, -0.25) is 14.4 Å². The van der Waals surface area contributed by atoms with Crippen LogP contribution in [0.15, 0.2) is 48.5 Å². The summed E-state index contributed by atoms with van der Waals surface area (Å²) in [7, 11) is 7.09. The van der Waals surface area contributed by atoms with Gasteiger partial charge in [0.15, 0.2) is 0 Å². The van der Waals surface area contributed by atoms with Gasteiger partial charge in [-0.2, -0.15) is 0 Å². The quantitative estimate of drug-likeness (QED) is 0.0827. The molecule has 0 spiro atoms. The number of hydrogen-bond acceptors (Lipinski definition) is 14. The van der Waals surface area contributed by atoms with E-state index in [0.717, 1.165) is 45.4 Å². The number of benzene rings is 2. The number of nitrogens with zero attached hydrogens (tertiary/aromatic N) is 4. The molecule has 3 heterocycles. The van der Waals surface area contributed by atoms with Gasteiger partial charge in [0.1, 0.15) is 0 Å². The Morgan fingerprint density at radius 2 is 0.985 bits per heavy atom. The minimum absolute atomic E-state index is 0.0604. The molecule has 5 rings (SSSR count). The van der Waals surface area contributed by atoms with Crippen molar-refractivity contribution >= 4 is 90.8 Å². The van der Waals surface area contributed by atoms with Gasteiger partial charge < -0.3 is 59.2 Å². The molecule has 0 saturated carbocycles. The Balaban J connectivity index is 0.831. The normalized spacial score (nSPS) is 15.5. The molecule has 3 N–H and O–H groups in total. The van der Waals surface area contributed by atoms with Crippen LogP contribution in [0.3, 0.4) is 0 Å². The number of para-hydroxylation sites is 1. The number of ether oxygens (including phenoxy) is 5. The topological polar surface area (TPSA) is 181 Å². The first kappa shape index (κ1) is 54.3. The van der Waals surface area contributed by atoms with E-state index in [2.05, 4.69) is 22.0 Å². The molecule has 370 valence electrons. The molecule has 0 atom stereocenters. The second-order valence-electron chi connectivity index (χ2n) is 15.3. The van der Waals surface area contributed by atoms with Crippen molar-refractivity contribution in [2.75, 3.05) is 153 Å². The van der Waals surface area contributed by atoms with E-state index in [9.17, 15) is 24.0 Å². The standard InChI is InChI=1S/C46H67N7O10S4/c54-42(47-14-11-44(56)53-37-40-7-2-1-5-38(40)9-10-39-6-3-4-8-41(39)53)12-23-59-25-27-61-29-31-63-32-30-62-28-26-60-24-13-43(55)50(17-15-48-45(57)51-19-33-64-65-34-20-51)18-16-49-46(58)52-21-35-66-67-36-22-52/h1-10H,11-37H2,(H,47,54)(H,48,57)(H,49,58)/b10-9-. The molecule has 21 heteroatoms. The van der Waals surface area contributed by atoms with E-state index in [0.29, 0.717) is 112 Å². The highest BCUT2D eigenvalue weighted by Crippen LogP contribution is 2.29. The van der Waals surface area contributed by atoms with E-state index in [1.807, 2.05) is 64.4 Å². The number of anilines is 1. The number of amides is 7. The Bertz CT molecular complexity index is 1800. The van der Waals surface area contributed by atoms with Gasteiger partial charge in [-0.15, -0.1) is 0 Å². The summed E-state index contributed by atoms with van der Waals surface area (Å²) in [4.78, 5) is 71.5. The Kier molecular flexibility index (Phi) is 26.7. The lowest BCUT2D eigenvalue weighted by atomic mass is 10.0. The molecule has 7 amide bonds. The summed E-state index contributed by atoms with van der Waals surface area (Å²) in [6, 6.07) is 15.6. The third-order valence-corrected chi connectivity index (χ3v) is 15.4. The Morgan fingerprint density at radius 3 is 1.54 bits per heavy atom. The molecule has 2 aromatic carbocycles. The van der Waals surface area contributed by atoms with Crippen LogP contribution in [0.2, 0.25) is 0 Å². The van der Waals surface area contributed by atoms with Crippen LogP contribution in [0.4, 0.5) is 15.3 Å². The molecule has 0 aliphatic carbocycles. The lowest BCUT2D eigenvalue weighted by Gasteiger charge is -2.27. The lowest BCUT2D eigenvalue weighted by molar-refractivity contribution is -0.132. The van der Waals surface area contributed by atoms with Crippen molar-refractivity contribution in [3.8, 4) is 0 Å². The number of carbonyl (C=O) groups is 5. The van der Waals surface area contributed by atoms with Gasteiger partial charge in [0.05, 0.1) is 84.7 Å². The van der Waals surface area contributed by atoms with Crippen molar-refractivity contribution in [2.24, 2.45) is 0 Å². The van der Waals surface area contributed by atoms with Crippen molar-refractivity contribution in [1.29, 1.82) is 0 Å². The number of carbonyl (C=O) groups excluding carboxylic acids is 5. The van der Waals surface area contributed by atoms with E-state index in [1.54, 1.807) is 53.0 Å². The van der Waals surface area contributed by atoms with Gasteiger partial charge in [-0.05, 0) is 22.8 Å². The first-order valence-corrected chi connectivity index (χ1v) is 28.0. The van der Waals surface area contributed by atoms with Gasteiger partial charge in [-0.25, -0.2) is 9.59 Å². The van der Waals surface area contributed by atoms with E-state index in [1.165, 1.54) is 0 Å². The van der Waals surface area contributed by atoms with Gasteiger partial charge in [0, 0.05) is 94.8 Å². The third kappa shape index (κ3) is 21.2.